The summed E-state index contributed by atoms with van der Waals surface area (Å²) in [6, 6.07) is 11.4. The normalized spacial score (nSPS) is 14.3. The summed E-state index contributed by atoms with van der Waals surface area (Å²) < 4.78 is 5.45. The molecule has 0 aliphatic carbocycles. The van der Waals surface area contributed by atoms with Crippen LogP contribution in [0.1, 0.15) is 10.4 Å². The van der Waals surface area contributed by atoms with Crippen LogP contribution in [0.5, 0.6) is 5.75 Å². The van der Waals surface area contributed by atoms with Crippen LogP contribution in [-0.4, -0.2) is 54.3 Å². The van der Waals surface area contributed by atoms with E-state index in [2.05, 4.69) is 19.8 Å². The van der Waals surface area contributed by atoms with Gasteiger partial charge in [0.1, 0.15) is 22.8 Å². The number of carboxylic acid groups (broad SMARTS) is 1. The number of carbonyl (C=O) groups is 1. The largest absolute Gasteiger partial charge is 0.495 e. The van der Waals surface area contributed by atoms with Crippen molar-refractivity contribution >= 4 is 28.5 Å². The second kappa shape index (κ2) is 7.22. The van der Waals surface area contributed by atoms with Crippen LogP contribution in [0.2, 0.25) is 0 Å². The van der Waals surface area contributed by atoms with Crippen molar-refractivity contribution in [3.8, 4) is 5.75 Å². The number of para-hydroxylation sites is 2. The molecule has 1 aliphatic rings. The quantitative estimate of drug-likeness (QED) is 0.714. The van der Waals surface area contributed by atoms with Gasteiger partial charge in [0.2, 0.25) is 5.43 Å². The van der Waals surface area contributed by atoms with E-state index >= 15 is 0 Å². The van der Waals surface area contributed by atoms with Gasteiger partial charge in [-0.15, -0.1) is 0 Å². The Hall–Kier alpha value is -3.55. The number of carboxylic acids is 1. The maximum absolute atomic E-state index is 12.2. The van der Waals surface area contributed by atoms with Gasteiger partial charge in [-0.3, -0.25) is 4.79 Å². The summed E-state index contributed by atoms with van der Waals surface area (Å²) >= 11 is 0. The number of hydrogen-bond acceptors (Lipinski definition) is 6. The Morgan fingerprint density at radius 2 is 1.82 bits per heavy atom. The van der Waals surface area contributed by atoms with Gasteiger partial charge >= 0.3 is 5.97 Å². The number of H-pyrrole nitrogens is 1. The highest BCUT2D eigenvalue weighted by Gasteiger charge is 2.21. The van der Waals surface area contributed by atoms with Gasteiger partial charge in [0.25, 0.3) is 0 Å². The molecule has 8 nitrogen and oxygen atoms in total. The molecule has 2 aromatic heterocycles. The molecule has 0 amide bonds. The minimum Gasteiger partial charge on any atom is -0.495 e. The predicted molar refractivity (Wildman–Crippen MR) is 107 cm³/mol. The standard InChI is InChI=1S/C20H20N4O4/c1-28-16-5-3-2-4-15(16)23-8-10-24(11-9-23)17-7-6-13-18(25)14(20(26)27)12-21-19(13)22-17/h2-7,12H,8-11H2,1H3,(H,26,27)(H,21,22,25). The minimum atomic E-state index is -1.25. The molecule has 3 aromatic rings. The second-order valence-corrected chi connectivity index (χ2v) is 6.55. The van der Waals surface area contributed by atoms with Crippen LogP contribution in [0.3, 0.4) is 0 Å². The summed E-state index contributed by atoms with van der Waals surface area (Å²) in [5.41, 5.74) is 0.648. The highest BCUT2D eigenvalue weighted by Crippen LogP contribution is 2.29. The third kappa shape index (κ3) is 3.13. The van der Waals surface area contributed by atoms with Crippen LogP contribution >= 0.6 is 0 Å². The molecule has 144 valence electrons. The number of anilines is 2. The number of nitrogens with one attached hydrogen (secondary N) is 1. The maximum atomic E-state index is 12.2. The number of fused-ring (bicyclic) bond motifs is 1. The van der Waals surface area contributed by atoms with Gasteiger partial charge in [-0.25, -0.2) is 9.78 Å². The number of rotatable bonds is 4. The fourth-order valence-electron chi connectivity index (χ4n) is 3.50. The van der Waals surface area contributed by atoms with Crippen LogP contribution in [0.25, 0.3) is 11.0 Å². The number of aromatic carboxylic acids is 1. The molecule has 1 saturated heterocycles. The Balaban J connectivity index is 1.55. The first-order valence-corrected chi connectivity index (χ1v) is 8.97. The maximum Gasteiger partial charge on any atom is 0.341 e. The number of benzene rings is 1. The van der Waals surface area contributed by atoms with E-state index < -0.39 is 11.4 Å². The Labute approximate surface area is 161 Å². The Kier molecular flexibility index (Phi) is 4.60. The van der Waals surface area contributed by atoms with Crippen molar-refractivity contribution in [2.24, 2.45) is 0 Å². The molecule has 1 aromatic carbocycles. The molecule has 1 fully saturated rings. The van der Waals surface area contributed by atoms with Gasteiger partial charge in [-0.05, 0) is 24.3 Å². The lowest BCUT2D eigenvalue weighted by molar-refractivity contribution is 0.0695. The van der Waals surface area contributed by atoms with Crippen LogP contribution in [0.15, 0.2) is 47.4 Å². The minimum absolute atomic E-state index is 0.274. The second-order valence-electron chi connectivity index (χ2n) is 6.55. The van der Waals surface area contributed by atoms with Crippen molar-refractivity contribution in [2.45, 2.75) is 0 Å². The molecule has 3 heterocycles. The summed E-state index contributed by atoms with van der Waals surface area (Å²) in [6.45, 7) is 3.17. The average Bonchev–Trinajstić information content (AvgIpc) is 2.73. The number of hydrogen-bond donors (Lipinski definition) is 2. The zero-order chi connectivity index (χ0) is 19.7. The van der Waals surface area contributed by atoms with Crippen LogP contribution < -0.4 is 20.0 Å². The molecular formula is C20H20N4O4. The smallest absolute Gasteiger partial charge is 0.341 e. The van der Waals surface area contributed by atoms with E-state index in [1.54, 1.807) is 19.2 Å². The summed E-state index contributed by atoms with van der Waals surface area (Å²) in [5.74, 6) is 0.359. The van der Waals surface area contributed by atoms with E-state index in [0.717, 1.165) is 43.4 Å². The number of pyridine rings is 2. The molecule has 0 radical (unpaired) electrons. The zero-order valence-corrected chi connectivity index (χ0v) is 15.4. The van der Waals surface area contributed by atoms with E-state index in [1.165, 1.54) is 6.20 Å². The van der Waals surface area contributed by atoms with E-state index in [1.807, 2.05) is 24.3 Å². The number of piperazine rings is 1. The molecule has 0 spiro atoms. The average molecular weight is 380 g/mol. The van der Waals surface area contributed by atoms with E-state index in [-0.39, 0.29) is 10.9 Å². The Morgan fingerprint density at radius 3 is 2.54 bits per heavy atom. The van der Waals surface area contributed by atoms with Gasteiger partial charge in [0.15, 0.2) is 0 Å². The fourth-order valence-corrected chi connectivity index (χ4v) is 3.50. The SMILES string of the molecule is COc1ccccc1N1CCN(c2ccc3c(=O)c(C(=O)O)c[nH]c3n2)CC1. The number of nitrogens with zero attached hydrogens (tertiary/aromatic N) is 3. The topological polar surface area (TPSA) is 98.8 Å². The van der Waals surface area contributed by atoms with Gasteiger partial charge in [-0.2, -0.15) is 0 Å². The van der Waals surface area contributed by atoms with Crippen molar-refractivity contribution in [3.63, 3.8) is 0 Å². The molecule has 0 unspecified atom stereocenters. The van der Waals surface area contributed by atoms with Crippen LogP contribution in [0, 0.1) is 0 Å². The predicted octanol–water partition coefficient (Wildman–Crippen LogP) is 1.96. The van der Waals surface area contributed by atoms with E-state index in [9.17, 15) is 9.59 Å². The lowest BCUT2D eigenvalue weighted by atomic mass is 10.2. The molecule has 0 saturated carbocycles. The van der Waals surface area contributed by atoms with E-state index in [4.69, 9.17) is 9.84 Å². The third-order valence-corrected chi connectivity index (χ3v) is 4.98. The first kappa shape index (κ1) is 17.8. The Morgan fingerprint density at radius 1 is 1.11 bits per heavy atom. The molecular weight excluding hydrogens is 360 g/mol. The molecule has 8 heteroatoms. The van der Waals surface area contributed by atoms with Crippen molar-refractivity contribution in [1.82, 2.24) is 9.97 Å². The highest BCUT2D eigenvalue weighted by atomic mass is 16.5. The lowest BCUT2D eigenvalue weighted by Crippen LogP contribution is -2.47. The highest BCUT2D eigenvalue weighted by molar-refractivity contribution is 5.91. The summed E-state index contributed by atoms with van der Waals surface area (Å²) in [6.07, 6.45) is 1.20. The van der Waals surface area contributed by atoms with Crippen LogP contribution in [0.4, 0.5) is 11.5 Å². The summed E-state index contributed by atoms with van der Waals surface area (Å²) in [4.78, 5) is 35.1. The van der Waals surface area contributed by atoms with Crippen molar-refractivity contribution in [1.29, 1.82) is 0 Å². The monoisotopic (exact) mass is 380 g/mol. The molecule has 0 bridgehead atoms. The number of ether oxygens (including phenoxy) is 1. The van der Waals surface area contributed by atoms with Gasteiger partial charge in [-0.1, -0.05) is 12.1 Å². The van der Waals surface area contributed by atoms with Gasteiger partial charge in [0, 0.05) is 32.4 Å². The molecule has 0 atom stereocenters. The zero-order valence-electron chi connectivity index (χ0n) is 15.4. The lowest BCUT2D eigenvalue weighted by Gasteiger charge is -2.37. The van der Waals surface area contributed by atoms with Crippen molar-refractivity contribution < 1.29 is 14.6 Å². The van der Waals surface area contributed by atoms with Crippen LogP contribution in [-0.2, 0) is 0 Å². The summed E-state index contributed by atoms with van der Waals surface area (Å²) in [5, 5.41) is 9.35. The number of methoxy groups -OCH3 is 1. The molecule has 4 rings (SSSR count). The number of aromatic nitrogens is 2. The van der Waals surface area contributed by atoms with Crippen molar-refractivity contribution in [2.75, 3.05) is 43.1 Å². The van der Waals surface area contributed by atoms with Gasteiger partial charge < -0.3 is 24.6 Å². The Bertz CT molecular complexity index is 1090. The van der Waals surface area contributed by atoms with Crippen molar-refractivity contribution in [3.05, 3.63) is 58.4 Å². The van der Waals surface area contributed by atoms with Gasteiger partial charge in [0.05, 0.1) is 18.2 Å². The number of aromatic amines is 1. The summed E-state index contributed by atoms with van der Waals surface area (Å²) in [7, 11) is 1.67. The molecule has 1 aliphatic heterocycles. The van der Waals surface area contributed by atoms with E-state index in [0.29, 0.717) is 5.65 Å². The first-order valence-electron chi connectivity index (χ1n) is 8.97. The first-order chi connectivity index (χ1) is 13.6. The molecule has 28 heavy (non-hydrogen) atoms. The third-order valence-electron chi connectivity index (χ3n) is 4.98. The fraction of sp³-hybridized carbons (Fsp3) is 0.250. The molecule has 2 N–H and O–H groups in total.